The Hall–Kier alpha value is -2.48. The first-order chi connectivity index (χ1) is 13.5. The zero-order valence-corrected chi connectivity index (χ0v) is 16.3. The number of nitrogens with zero attached hydrogens (tertiary/aromatic N) is 1. The normalized spacial score (nSPS) is 16.3. The molecule has 148 valence electrons. The van der Waals surface area contributed by atoms with Crippen LogP contribution < -0.4 is 5.48 Å². The third kappa shape index (κ3) is 5.76. The van der Waals surface area contributed by atoms with E-state index in [-0.39, 0.29) is 11.8 Å². The van der Waals surface area contributed by atoms with Gasteiger partial charge >= 0.3 is 0 Å². The summed E-state index contributed by atoms with van der Waals surface area (Å²) in [5, 5.41) is 1.23. The molecule has 28 heavy (non-hydrogen) atoms. The lowest BCUT2D eigenvalue weighted by Crippen LogP contribution is -2.42. The van der Waals surface area contributed by atoms with Crippen LogP contribution in [0, 0.1) is 5.92 Å². The van der Waals surface area contributed by atoms with E-state index in [9.17, 15) is 13.2 Å². The van der Waals surface area contributed by atoms with Crippen molar-refractivity contribution in [1.29, 1.82) is 0 Å². The molecule has 0 atom stereocenters. The lowest BCUT2D eigenvalue weighted by molar-refractivity contribution is -0.140. The Morgan fingerprint density at radius 3 is 2.29 bits per heavy atom. The summed E-state index contributed by atoms with van der Waals surface area (Å²) >= 11 is 0. The van der Waals surface area contributed by atoms with Crippen molar-refractivity contribution in [1.82, 2.24) is 9.79 Å². The number of nitrogens with one attached hydrogen (secondary N) is 1. The van der Waals surface area contributed by atoms with E-state index < -0.39 is 10.0 Å². The standard InChI is InChI=1S/C21H24N2O4S/c24-21(22-27-17-19-9-5-2-6-10-19)20-11-14-23(15-12-20)28(25,26)16-13-18-7-3-1-4-8-18/h1-10,13,16,20H,11-12,14-15,17H2,(H,22,24). The SMILES string of the molecule is O=C(NOCc1ccccc1)C1CCN(S(=O)(=O)C=Cc2ccccc2)CC1. The van der Waals surface area contributed by atoms with E-state index in [0.29, 0.717) is 32.5 Å². The molecule has 0 bridgehead atoms. The number of sulfonamides is 1. The van der Waals surface area contributed by atoms with Gasteiger partial charge in [0.1, 0.15) is 0 Å². The minimum absolute atomic E-state index is 0.201. The van der Waals surface area contributed by atoms with Crippen LogP contribution in [0.5, 0.6) is 0 Å². The van der Waals surface area contributed by atoms with Crippen molar-refractivity contribution in [2.75, 3.05) is 13.1 Å². The van der Waals surface area contributed by atoms with Gasteiger partial charge in [-0.1, -0.05) is 60.7 Å². The number of carbonyl (C=O) groups is 1. The number of hydrogen-bond donors (Lipinski definition) is 1. The first kappa shape index (κ1) is 20.3. The number of rotatable bonds is 7. The molecule has 1 aliphatic rings. The van der Waals surface area contributed by atoms with Crippen molar-refractivity contribution in [2.24, 2.45) is 5.92 Å². The van der Waals surface area contributed by atoms with Crippen LogP contribution in [0.1, 0.15) is 24.0 Å². The topological polar surface area (TPSA) is 75.7 Å². The summed E-state index contributed by atoms with van der Waals surface area (Å²) in [6.45, 7) is 0.931. The number of amides is 1. The molecule has 7 heteroatoms. The van der Waals surface area contributed by atoms with Gasteiger partial charge in [-0.2, -0.15) is 4.31 Å². The van der Waals surface area contributed by atoms with Gasteiger partial charge in [-0.05, 0) is 30.0 Å². The maximum Gasteiger partial charge on any atom is 0.246 e. The highest BCUT2D eigenvalue weighted by atomic mass is 32.2. The van der Waals surface area contributed by atoms with Crippen molar-refractivity contribution in [3.63, 3.8) is 0 Å². The van der Waals surface area contributed by atoms with Gasteiger partial charge in [0.15, 0.2) is 0 Å². The van der Waals surface area contributed by atoms with E-state index in [4.69, 9.17) is 4.84 Å². The molecule has 3 rings (SSSR count). The van der Waals surface area contributed by atoms with Gasteiger partial charge in [0, 0.05) is 24.4 Å². The molecule has 6 nitrogen and oxygen atoms in total. The highest BCUT2D eigenvalue weighted by Crippen LogP contribution is 2.21. The number of hydrogen-bond acceptors (Lipinski definition) is 4. The molecule has 1 N–H and O–H groups in total. The maximum atomic E-state index is 12.5. The highest BCUT2D eigenvalue weighted by molar-refractivity contribution is 7.92. The number of benzene rings is 2. The molecule has 2 aromatic carbocycles. The van der Waals surface area contributed by atoms with E-state index in [1.165, 1.54) is 9.71 Å². The van der Waals surface area contributed by atoms with E-state index in [2.05, 4.69) is 5.48 Å². The average molecular weight is 401 g/mol. The van der Waals surface area contributed by atoms with Crippen molar-refractivity contribution in [2.45, 2.75) is 19.4 Å². The van der Waals surface area contributed by atoms with Gasteiger partial charge in [0.2, 0.25) is 15.9 Å². The van der Waals surface area contributed by atoms with Crippen molar-refractivity contribution in [3.05, 3.63) is 77.2 Å². The largest absolute Gasteiger partial charge is 0.272 e. The molecule has 1 amide bonds. The van der Waals surface area contributed by atoms with Gasteiger partial charge in [0.25, 0.3) is 0 Å². The predicted molar refractivity (Wildman–Crippen MR) is 108 cm³/mol. The van der Waals surface area contributed by atoms with E-state index in [0.717, 1.165) is 11.1 Å². The fourth-order valence-corrected chi connectivity index (χ4v) is 4.26. The highest BCUT2D eigenvalue weighted by Gasteiger charge is 2.30. The van der Waals surface area contributed by atoms with Gasteiger partial charge < -0.3 is 0 Å². The molecule has 0 aromatic heterocycles. The van der Waals surface area contributed by atoms with Gasteiger partial charge in [-0.3, -0.25) is 9.63 Å². The lowest BCUT2D eigenvalue weighted by atomic mass is 9.98. The van der Waals surface area contributed by atoms with E-state index >= 15 is 0 Å². The van der Waals surface area contributed by atoms with E-state index in [1.54, 1.807) is 6.08 Å². The summed E-state index contributed by atoms with van der Waals surface area (Å²) in [6, 6.07) is 18.8. The summed E-state index contributed by atoms with van der Waals surface area (Å²) < 4.78 is 26.4. The van der Waals surface area contributed by atoms with Crippen LogP contribution in [0.2, 0.25) is 0 Å². The van der Waals surface area contributed by atoms with Crippen LogP contribution >= 0.6 is 0 Å². The molecule has 0 aliphatic carbocycles. The minimum atomic E-state index is -3.49. The predicted octanol–water partition coefficient (Wildman–Crippen LogP) is 2.95. The Kier molecular flexibility index (Phi) is 6.97. The van der Waals surface area contributed by atoms with Crippen LogP contribution in [0.15, 0.2) is 66.1 Å². The third-order valence-corrected chi connectivity index (χ3v) is 6.24. The molecule has 0 saturated carbocycles. The number of carbonyl (C=O) groups excluding carboxylic acids is 1. The molecule has 0 spiro atoms. The molecule has 1 saturated heterocycles. The lowest BCUT2D eigenvalue weighted by Gasteiger charge is -2.29. The second-order valence-electron chi connectivity index (χ2n) is 6.67. The van der Waals surface area contributed by atoms with Crippen LogP contribution in [-0.4, -0.2) is 31.7 Å². The molecular weight excluding hydrogens is 376 g/mol. The van der Waals surface area contributed by atoms with Crippen molar-refractivity contribution >= 4 is 22.0 Å². The second kappa shape index (κ2) is 9.64. The Bertz CT molecular complexity index is 891. The Morgan fingerprint density at radius 1 is 1.04 bits per heavy atom. The molecular formula is C21H24N2O4S. The smallest absolute Gasteiger partial charge is 0.246 e. The Balaban J connectivity index is 1.45. The molecule has 0 radical (unpaired) electrons. The molecule has 1 fully saturated rings. The van der Waals surface area contributed by atoms with Crippen LogP contribution in [-0.2, 0) is 26.3 Å². The molecule has 0 unspecified atom stereocenters. The molecule has 2 aromatic rings. The van der Waals surface area contributed by atoms with Gasteiger partial charge in [-0.15, -0.1) is 0 Å². The van der Waals surface area contributed by atoms with Crippen molar-refractivity contribution in [3.8, 4) is 0 Å². The van der Waals surface area contributed by atoms with Gasteiger partial charge in [0.05, 0.1) is 6.61 Å². The first-order valence-electron chi connectivity index (χ1n) is 9.23. The summed E-state index contributed by atoms with van der Waals surface area (Å²) in [5.74, 6) is -0.451. The minimum Gasteiger partial charge on any atom is -0.272 e. The summed E-state index contributed by atoms with van der Waals surface area (Å²) in [5.41, 5.74) is 4.28. The second-order valence-corrected chi connectivity index (χ2v) is 8.49. The number of piperidine rings is 1. The van der Waals surface area contributed by atoms with Crippen molar-refractivity contribution < 1.29 is 18.0 Å². The zero-order chi connectivity index (χ0) is 19.8. The van der Waals surface area contributed by atoms with Crippen LogP contribution in [0.4, 0.5) is 0 Å². The molecule has 1 aliphatic heterocycles. The van der Waals surface area contributed by atoms with Crippen LogP contribution in [0.3, 0.4) is 0 Å². The van der Waals surface area contributed by atoms with Gasteiger partial charge in [-0.25, -0.2) is 13.9 Å². The quantitative estimate of drug-likeness (QED) is 0.725. The van der Waals surface area contributed by atoms with E-state index in [1.807, 2.05) is 60.7 Å². The summed E-state index contributed by atoms with van der Waals surface area (Å²) in [7, 11) is -3.49. The Morgan fingerprint density at radius 2 is 1.64 bits per heavy atom. The summed E-state index contributed by atoms with van der Waals surface area (Å²) in [4.78, 5) is 17.5. The fraction of sp³-hybridized carbons (Fsp3) is 0.286. The zero-order valence-electron chi connectivity index (χ0n) is 15.5. The Labute approximate surface area is 165 Å². The first-order valence-corrected chi connectivity index (χ1v) is 10.7. The molecule has 1 heterocycles. The third-order valence-electron chi connectivity index (χ3n) is 4.67. The summed E-state index contributed by atoms with van der Waals surface area (Å²) in [6.07, 6.45) is 2.53. The monoisotopic (exact) mass is 400 g/mol. The van der Waals surface area contributed by atoms with Crippen LogP contribution in [0.25, 0.3) is 6.08 Å². The average Bonchev–Trinajstić information content (AvgIpc) is 2.74. The number of hydroxylamine groups is 1. The fourth-order valence-electron chi connectivity index (χ4n) is 3.04. The maximum absolute atomic E-state index is 12.5.